The van der Waals surface area contributed by atoms with Crippen molar-refractivity contribution in [3.05, 3.63) is 51.5 Å². The van der Waals surface area contributed by atoms with Gasteiger partial charge in [-0.1, -0.05) is 11.8 Å². The fourth-order valence-corrected chi connectivity index (χ4v) is 3.69. The first-order valence-corrected chi connectivity index (χ1v) is 9.64. The molecule has 146 valence electrons. The van der Waals surface area contributed by atoms with Crippen molar-refractivity contribution in [2.45, 2.75) is 39.0 Å². The second-order valence-electron chi connectivity index (χ2n) is 6.10. The van der Waals surface area contributed by atoms with Gasteiger partial charge in [0, 0.05) is 12.2 Å². The topological polar surface area (TPSA) is 122 Å². The first kappa shape index (κ1) is 19.6. The molecule has 0 aliphatic carbocycles. The molecule has 3 aromatic heterocycles. The predicted octanol–water partition coefficient (Wildman–Crippen LogP) is 2.25. The molecule has 0 bridgehead atoms. The maximum atomic E-state index is 12.5. The molecule has 0 aliphatic rings. The zero-order chi connectivity index (χ0) is 20.3. The van der Waals surface area contributed by atoms with Crippen LogP contribution in [0.2, 0.25) is 0 Å². The van der Waals surface area contributed by atoms with Crippen molar-refractivity contribution in [1.82, 2.24) is 19.3 Å². The van der Waals surface area contributed by atoms with Gasteiger partial charge in [0.25, 0.3) is 0 Å². The van der Waals surface area contributed by atoms with Crippen LogP contribution in [0.25, 0.3) is 0 Å². The van der Waals surface area contributed by atoms with Crippen molar-refractivity contribution in [3.63, 3.8) is 0 Å². The highest BCUT2D eigenvalue weighted by atomic mass is 32.2. The smallest absolute Gasteiger partial charge is 0.343 e. The Labute approximate surface area is 165 Å². The second kappa shape index (κ2) is 8.22. The van der Waals surface area contributed by atoms with Gasteiger partial charge in [-0.15, -0.1) is 5.10 Å². The predicted molar refractivity (Wildman–Crippen MR) is 104 cm³/mol. The van der Waals surface area contributed by atoms with Crippen LogP contribution in [0.1, 0.15) is 29.5 Å². The minimum atomic E-state index is -0.309. The number of carbonyl (C=O) groups is 1. The summed E-state index contributed by atoms with van der Waals surface area (Å²) in [5.41, 5.74) is 1.80. The standard InChI is InChI=1S/C18H20N6O3S/c1-4-23-17(26)21-22-18(23)28-10-15(25)20-16-14(8-19)11(2)12(3)24(16)9-13-6-5-7-27-13/h5-7H,4,9-10H2,1-3H3,(H,20,25)(H,21,26). The Bertz CT molecular complexity index is 1080. The molecule has 0 atom stereocenters. The number of thioether (sulfide) groups is 1. The minimum Gasteiger partial charge on any atom is -0.467 e. The molecular weight excluding hydrogens is 380 g/mol. The van der Waals surface area contributed by atoms with Gasteiger partial charge in [0.05, 0.1) is 24.1 Å². The van der Waals surface area contributed by atoms with Crippen LogP contribution in [-0.4, -0.2) is 31.0 Å². The lowest BCUT2D eigenvalue weighted by atomic mass is 10.2. The quantitative estimate of drug-likeness (QED) is 0.587. The average molecular weight is 400 g/mol. The summed E-state index contributed by atoms with van der Waals surface area (Å²) in [6.07, 6.45) is 1.58. The van der Waals surface area contributed by atoms with Gasteiger partial charge >= 0.3 is 5.69 Å². The molecule has 1 amide bonds. The monoisotopic (exact) mass is 400 g/mol. The molecule has 0 saturated heterocycles. The number of hydrogen-bond donors (Lipinski definition) is 2. The molecule has 10 heteroatoms. The van der Waals surface area contributed by atoms with E-state index in [9.17, 15) is 14.9 Å². The maximum absolute atomic E-state index is 12.5. The summed E-state index contributed by atoms with van der Waals surface area (Å²) in [6.45, 7) is 6.43. The van der Waals surface area contributed by atoms with Crippen molar-refractivity contribution in [2.24, 2.45) is 0 Å². The minimum absolute atomic E-state index is 0.0548. The molecule has 0 fully saturated rings. The summed E-state index contributed by atoms with van der Waals surface area (Å²) in [7, 11) is 0. The molecule has 9 nitrogen and oxygen atoms in total. The van der Waals surface area contributed by atoms with Crippen LogP contribution in [0.15, 0.2) is 32.8 Å². The first-order valence-electron chi connectivity index (χ1n) is 8.66. The van der Waals surface area contributed by atoms with Crippen LogP contribution in [0.3, 0.4) is 0 Å². The van der Waals surface area contributed by atoms with E-state index in [0.717, 1.165) is 28.8 Å². The highest BCUT2D eigenvalue weighted by molar-refractivity contribution is 7.99. The number of H-pyrrole nitrogens is 1. The Balaban J connectivity index is 1.80. The number of rotatable bonds is 7. The Kier molecular flexibility index (Phi) is 5.75. The molecule has 2 N–H and O–H groups in total. The second-order valence-corrected chi connectivity index (χ2v) is 7.05. The molecule has 3 rings (SSSR count). The van der Waals surface area contributed by atoms with E-state index in [1.807, 2.05) is 31.4 Å². The number of nitrogens with one attached hydrogen (secondary N) is 2. The highest BCUT2D eigenvalue weighted by Crippen LogP contribution is 2.27. The number of hydrogen-bond acceptors (Lipinski definition) is 6. The third-order valence-corrected chi connectivity index (χ3v) is 5.44. The van der Waals surface area contributed by atoms with Crippen molar-refractivity contribution in [3.8, 4) is 6.07 Å². The molecule has 28 heavy (non-hydrogen) atoms. The third kappa shape index (κ3) is 3.75. The number of aromatic amines is 1. The van der Waals surface area contributed by atoms with E-state index in [1.54, 1.807) is 12.3 Å². The fraction of sp³-hybridized carbons (Fsp3) is 0.333. The highest BCUT2D eigenvalue weighted by Gasteiger charge is 2.21. The van der Waals surface area contributed by atoms with Crippen molar-refractivity contribution in [1.29, 1.82) is 5.26 Å². The Morgan fingerprint density at radius 1 is 1.43 bits per heavy atom. The molecular formula is C18H20N6O3S. The van der Waals surface area contributed by atoms with Gasteiger partial charge in [-0.2, -0.15) is 5.26 Å². The van der Waals surface area contributed by atoms with Gasteiger partial charge in [0.1, 0.15) is 17.6 Å². The molecule has 0 aromatic carbocycles. The summed E-state index contributed by atoms with van der Waals surface area (Å²) < 4.78 is 8.71. The number of nitriles is 1. The first-order chi connectivity index (χ1) is 13.5. The number of amides is 1. The number of carbonyl (C=O) groups excluding carboxylic acids is 1. The summed E-state index contributed by atoms with van der Waals surface area (Å²) in [6, 6.07) is 5.80. The zero-order valence-corrected chi connectivity index (χ0v) is 16.6. The lowest BCUT2D eigenvalue weighted by Gasteiger charge is -2.12. The van der Waals surface area contributed by atoms with E-state index in [-0.39, 0.29) is 17.3 Å². The zero-order valence-electron chi connectivity index (χ0n) is 15.8. The SMILES string of the molecule is CCn1c(SCC(=O)Nc2c(C#N)c(C)c(C)n2Cc2ccco2)n[nH]c1=O. The number of aromatic nitrogens is 4. The van der Waals surface area contributed by atoms with Gasteiger partial charge in [-0.3, -0.25) is 9.36 Å². The molecule has 0 unspecified atom stereocenters. The maximum Gasteiger partial charge on any atom is 0.343 e. The van der Waals surface area contributed by atoms with Gasteiger partial charge < -0.3 is 14.3 Å². The summed E-state index contributed by atoms with van der Waals surface area (Å²) in [5.74, 6) is 0.919. The molecule has 0 spiro atoms. The van der Waals surface area contributed by atoms with Crippen LogP contribution in [-0.2, 0) is 17.9 Å². The Morgan fingerprint density at radius 3 is 2.86 bits per heavy atom. The Hall–Kier alpha value is -3.19. The van der Waals surface area contributed by atoms with Crippen LogP contribution < -0.4 is 11.0 Å². The lowest BCUT2D eigenvalue weighted by molar-refractivity contribution is -0.113. The largest absolute Gasteiger partial charge is 0.467 e. The van der Waals surface area contributed by atoms with Gasteiger partial charge in [-0.25, -0.2) is 9.89 Å². The van der Waals surface area contributed by atoms with Crippen LogP contribution >= 0.6 is 11.8 Å². The van der Waals surface area contributed by atoms with Gasteiger partial charge in [0.2, 0.25) is 5.91 Å². The normalized spacial score (nSPS) is 10.8. The number of nitrogens with zero attached hydrogens (tertiary/aromatic N) is 4. The number of anilines is 1. The third-order valence-electron chi connectivity index (χ3n) is 4.46. The van der Waals surface area contributed by atoms with Crippen LogP contribution in [0, 0.1) is 25.2 Å². The van der Waals surface area contributed by atoms with Crippen molar-refractivity contribution in [2.75, 3.05) is 11.1 Å². The molecule has 3 heterocycles. The molecule has 0 aliphatic heterocycles. The Morgan fingerprint density at radius 2 is 2.21 bits per heavy atom. The summed E-state index contributed by atoms with van der Waals surface area (Å²) in [4.78, 5) is 24.1. The van der Waals surface area contributed by atoms with Crippen LogP contribution in [0.5, 0.6) is 0 Å². The van der Waals surface area contributed by atoms with Crippen molar-refractivity contribution < 1.29 is 9.21 Å². The van der Waals surface area contributed by atoms with E-state index in [2.05, 4.69) is 21.6 Å². The number of furan rings is 1. The summed E-state index contributed by atoms with van der Waals surface area (Å²) >= 11 is 1.15. The molecule has 3 aromatic rings. The summed E-state index contributed by atoms with van der Waals surface area (Å²) in [5, 5.41) is 19.1. The van der Waals surface area contributed by atoms with Crippen molar-refractivity contribution >= 4 is 23.5 Å². The average Bonchev–Trinajstić information content (AvgIpc) is 3.37. The van der Waals surface area contributed by atoms with Crippen LogP contribution in [0.4, 0.5) is 5.82 Å². The van der Waals surface area contributed by atoms with Gasteiger partial charge in [-0.05, 0) is 38.5 Å². The van der Waals surface area contributed by atoms with E-state index in [0.29, 0.717) is 29.6 Å². The van der Waals surface area contributed by atoms with Gasteiger partial charge in [0.15, 0.2) is 5.16 Å². The fourth-order valence-electron chi connectivity index (χ4n) is 2.88. The van der Waals surface area contributed by atoms with E-state index in [1.165, 1.54) is 4.57 Å². The van der Waals surface area contributed by atoms with E-state index in [4.69, 9.17) is 4.42 Å². The van der Waals surface area contributed by atoms with E-state index < -0.39 is 0 Å². The lowest BCUT2D eigenvalue weighted by Crippen LogP contribution is -2.20. The molecule has 0 radical (unpaired) electrons. The molecule has 0 saturated carbocycles. The van der Waals surface area contributed by atoms with E-state index >= 15 is 0 Å².